The van der Waals surface area contributed by atoms with Crippen LogP contribution in [0.3, 0.4) is 0 Å². The minimum atomic E-state index is -3.32. The summed E-state index contributed by atoms with van der Waals surface area (Å²) < 4.78 is 25.8. The van der Waals surface area contributed by atoms with Crippen molar-refractivity contribution in [3.8, 4) is 0 Å². The zero-order valence-corrected chi connectivity index (χ0v) is 9.90. The molecule has 0 spiro atoms. The first-order valence-corrected chi connectivity index (χ1v) is 5.94. The predicted octanol–water partition coefficient (Wildman–Crippen LogP) is 3.71. The average molecular weight is 248 g/mol. The summed E-state index contributed by atoms with van der Waals surface area (Å²) in [5.41, 5.74) is 1.90. The average Bonchev–Trinajstić information content (AvgIpc) is 2.35. The largest absolute Gasteiger partial charge is 0.327 e. The lowest BCUT2D eigenvalue weighted by atomic mass is 9.97. The van der Waals surface area contributed by atoms with Crippen molar-refractivity contribution in [2.75, 3.05) is 0 Å². The minimum absolute atomic E-state index is 0.646. The van der Waals surface area contributed by atoms with E-state index in [1.165, 1.54) is 11.6 Å². The molecular weight excluding hydrogens is 234 g/mol. The summed E-state index contributed by atoms with van der Waals surface area (Å²) in [7, 11) is 0. The van der Waals surface area contributed by atoms with Gasteiger partial charge in [0.05, 0.1) is 0 Å². The van der Waals surface area contributed by atoms with Crippen LogP contribution in [0.2, 0.25) is 0 Å². The van der Waals surface area contributed by atoms with Crippen LogP contribution in [0.25, 0.3) is 0 Å². The molecule has 0 bridgehead atoms. The van der Waals surface area contributed by atoms with Crippen LogP contribution in [0.4, 0.5) is 8.78 Å². The van der Waals surface area contributed by atoms with Gasteiger partial charge in [0.25, 0.3) is 0 Å². The maximum Gasteiger partial charge on any atom is 0.327 e. The van der Waals surface area contributed by atoms with Crippen LogP contribution >= 0.6 is 0 Å². The van der Waals surface area contributed by atoms with Crippen molar-refractivity contribution in [1.82, 2.24) is 0 Å². The zero-order chi connectivity index (χ0) is 13.0. The van der Waals surface area contributed by atoms with Crippen LogP contribution in [-0.2, 0) is 11.2 Å². The Morgan fingerprint density at radius 2 is 1.78 bits per heavy atom. The lowest BCUT2D eigenvalue weighted by Crippen LogP contribution is -2.26. The molecule has 0 aromatic heterocycles. The Balaban J connectivity index is 1.86. The second kappa shape index (κ2) is 5.25. The minimum Gasteiger partial charge on any atom is -0.288 e. The van der Waals surface area contributed by atoms with E-state index in [0.717, 1.165) is 18.9 Å². The third kappa shape index (κ3) is 3.13. The molecule has 0 radical (unpaired) electrons. The number of hydrogen-bond donors (Lipinski definition) is 0. The highest BCUT2D eigenvalue weighted by Gasteiger charge is 2.35. The van der Waals surface area contributed by atoms with Gasteiger partial charge in [-0.15, -0.1) is 0 Å². The highest BCUT2D eigenvalue weighted by molar-refractivity contribution is 5.99. The van der Waals surface area contributed by atoms with Crippen molar-refractivity contribution in [2.45, 2.75) is 25.2 Å². The van der Waals surface area contributed by atoms with Crippen LogP contribution in [0.15, 0.2) is 54.1 Å². The van der Waals surface area contributed by atoms with Crippen molar-refractivity contribution < 1.29 is 13.6 Å². The van der Waals surface area contributed by atoms with Gasteiger partial charge in [-0.2, -0.15) is 8.78 Å². The maximum atomic E-state index is 12.9. The van der Waals surface area contributed by atoms with E-state index in [1.807, 2.05) is 30.3 Å². The molecular formula is C15H14F2O. The molecule has 1 aliphatic carbocycles. The van der Waals surface area contributed by atoms with E-state index in [1.54, 1.807) is 0 Å². The Morgan fingerprint density at radius 1 is 1.06 bits per heavy atom. The predicted molar refractivity (Wildman–Crippen MR) is 66.6 cm³/mol. The summed E-state index contributed by atoms with van der Waals surface area (Å²) in [5.74, 6) is -4.43. The number of alkyl halides is 2. The van der Waals surface area contributed by atoms with Gasteiger partial charge >= 0.3 is 5.92 Å². The number of carbonyl (C=O) groups is 1. The number of hydrogen-bond acceptors (Lipinski definition) is 1. The van der Waals surface area contributed by atoms with Crippen LogP contribution in [0, 0.1) is 0 Å². The van der Waals surface area contributed by atoms with Gasteiger partial charge in [0, 0.05) is 0 Å². The number of aryl methyl sites for hydroxylation is 1. The number of benzene rings is 1. The molecule has 0 saturated heterocycles. The molecule has 0 amide bonds. The van der Waals surface area contributed by atoms with E-state index in [2.05, 4.69) is 0 Å². The second-order valence-corrected chi connectivity index (χ2v) is 4.38. The Hall–Kier alpha value is -1.77. The molecule has 0 N–H and O–H groups in total. The maximum absolute atomic E-state index is 12.9. The lowest BCUT2D eigenvalue weighted by molar-refractivity contribution is -0.131. The number of rotatable bonds is 4. The van der Waals surface area contributed by atoms with Gasteiger partial charge in [0.2, 0.25) is 5.78 Å². The first-order chi connectivity index (χ1) is 8.58. The topological polar surface area (TPSA) is 17.1 Å². The first kappa shape index (κ1) is 12.7. The molecule has 2 rings (SSSR count). The van der Waals surface area contributed by atoms with Crippen molar-refractivity contribution in [1.29, 1.82) is 0 Å². The van der Waals surface area contributed by atoms with E-state index >= 15 is 0 Å². The van der Waals surface area contributed by atoms with Crippen LogP contribution < -0.4 is 0 Å². The summed E-state index contributed by atoms with van der Waals surface area (Å²) >= 11 is 0. The molecule has 1 nitrogen and oxygen atoms in total. The summed E-state index contributed by atoms with van der Waals surface area (Å²) in [4.78, 5) is 11.1. The highest BCUT2D eigenvalue weighted by atomic mass is 19.3. The normalized spacial score (nSPS) is 17.7. The Labute approximate surface area is 105 Å². The Kier molecular flexibility index (Phi) is 3.70. The zero-order valence-electron chi connectivity index (χ0n) is 9.90. The summed E-state index contributed by atoms with van der Waals surface area (Å²) in [6.07, 6.45) is 5.48. The number of carbonyl (C=O) groups excluding carboxylic acids is 1. The standard InChI is InChI=1S/C15H14F2O/c16-15(17)10-9-13(11-14(15)18)8-4-7-12-5-2-1-3-6-12/h1-3,5-6,9-11H,4,7-8H2. The molecule has 0 unspecified atom stereocenters. The SMILES string of the molecule is O=C1C=C(CCCc2ccccc2)C=CC1(F)F. The third-order valence-corrected chi connectivity index (χ3v) is 2.93. The fourth-order valence-electron chi connectivity index (χ4n) is 1.90. The van der Waals surface area contributed by atoms with E-state index in [9.17, 15) is 13.6 Å². The molecule has 0 atom stereocenters. The van der Waals surface area contributed by atoms with Crippen LogP contribution in [0.1, 0.15) is 18.4 Å². The van der Waals surface area contributed by atoms with Gasteiger partial charge in [-0.1, -0.05) is 36.4 Å². The summed E-state index contributed by atoms with van der Waals surface area (Å²) in [6.45, 7) is 0. The Bertz CT molecular complexity index is 486. The number of ketones is 1. The van der Waals surface area contributed by atoms with Crippen molar-refractivity contribution in [3.05, 3.63) is 59.7 Å². The van der Waals surface area contributed by atoms with Gasteiger partial charge in [-0.05, 0) is 42.6 Å². The monoisotopic (exact) mass is 248 g/mol. The quantitative estimate of drug-likeness (QED) is 0.793. The summed E-state index contributed by atoms with van der Waals surface area (Å²) in [5, 5.41) is 0. The molecule has 0 fully saturated rings. The van der Waals surface area contributed by atoms with Gasteiger partial charge in [-0.25, -0.2) is 0 Å². The van der Waals surface area contributed by atoms with E-state index in [0.29, 0.717) is 18.1 Å². The lowest BCUT2D eigenvalue weighted by Gasteiger charge is -2.13. The first-order valence-electron chi connectivity index (χ1n) is 5.94. The molecule has 0 saturated carbocycles. The van der Waals surface area contributed by atoms with Crippen molar-refractivity contribution >= 4 is 5.78 Å². The smallest absolute Gasteiger partial charge is 0.288 e. The molecule has 1 aromatic carbocycles. The van der Waals surface area contributed by atoms with Crippen LogP contribution in [-0.4, -0.2) is 11.7 Å². The van der Waals surface area contributed by atoms with E-state index in [-0.39, 0.29) is 0 Å². The Morgan fingerprint density at radius 3 is 2.44 bits per heavy atom. The summed E-state index contributed by atoms with van der Waals surface area (Å²) in [6, 6.07) is 9.96. The molecule has 3 heteroatoms. The molecule has 18 heavy (non-hydrogen) atoms. The molecule has 1 aromatic rings. The second-order valence-electron chi connectivity index (χ2n) is 4.38. The molecule has 1 aliphatic rings. The molecule has 0 aliphatic heterocycles. The fourth-order valence-corrected chi connectivity index (χ4v) is 1.90. The van der Waals surface area contributed by atoms with Gasteiger partial charge in [-0.3, -0.25) is 4.79 Å². The van der Waals surface area contributed by atoms with Crippen LogP contribution in [0.5, 0.6) is 0 Å². The highest BCUT2D eigenvalue weighted by Crippen LogP contribution is 2.25. The van der Waals surface area contributed by atoms with Gasteiger partial charge < -0.3 is 0 Å². The number of halogens is 2. The molecule has 0 heterocycles. The third-order valence-electron chi connectivity index (χ3n) is 2.93. The van der Waals surface area contributed by atoms with E-state index in [4.69, 9.17) is 0 Å². The van der Waals surface area contributed by atoms with E-state index < -0.39 is 11.7 Å². The van der Waals surface area contributed by atoms with Crippen molar-refractivity contribution in [3.63, 3.8) is 0 Å². The van der Waals surface area contributed by atoms with Gasteiger partial charge in [0.1, 0.15) is 0 Å². The fraction of sp³-hybridized carbons (Fsp3) is 0.267. The van der Waals surface area contributed by atoms with Gasteiger partial charge in [0.15, 0.2) is 0 Å². The number of allylic oxidation sites excluding steroid dienone is 4. The molecule has 94 valence electrons. The van der Waals surface area contributed by atoms with Crippen molar-refractivity contribution in [2.24, 2.45) is 0 Å².